The fourth-order valence-corrected chi connectivity index (χ4v) is 2.53. The van der Waals surface area contributed by atoms with Gasteiger partial charge < -0.3 is 10.2 Å². The quantitative estimate of drug-likeness (QED) is 0.843. The van der Waals surface area contributed by atoms with E-state index in [-0.39, 0.29) is 5.91 Å². The van der Waals surface area contributed by atoms with Crippen molar-refractivity contribution in [2.45, 2.75) is 19.9 Å². The van der Waals surface area contributed by atoms with Crippen LogP contribution >= 0.6 is 11.6 Å². The minimum absolute atomic E-state index is 0.00815. The first-order chi connectivity index (χ1) is 10.6. The first kappa shape index (κ1) is 16.5. The van der Waals surface area contributed by atoms with Crippen molar-refractivity contribution in [2.24, 2.45) is 0 Å². The zero-order valence-corrected chi connectivity index (χ0v) is 13.8. The number of quaternary nitrogens is 1. The van der Waals surface area contributed by atoms with Gasteiger partial charge in [-0.05, 0) is 30.2 Å². The summed E-state index contributed by atoms with van der Waals surface area (Å²) in [4.78, 5) is 13.2. The van der Waals surface area contributed by atoms with E-state index >= 15 is 0 Å². The fourth-order valence-electron chi connectivity index (χ4n) is 2.33. The Labute approximate surface area is 136 Å². The Morgan fingerprint density at radius 1 is 1.14 bits per heavy atom. The molecule has 0 aliphatic heterocycles. The van der Waals surface area contributed by atoms with Crippen molar-refractivity contribution >= 4 is 23.2 Å². The lowest BCUT2D eigenvalue weighted by molar-refractivity contribution is -0.885. The number of hydrogen-bond donors (Lipinski definition) is 2. The second-order valence-electron chi connectivity index (χ2n) is 5.50. The standard InChI is InChI=1S/C18H21ClN2O/c1-3-14-8-10-16(11-9-14)20-18(22)13-21(2)12-15-6-4-5-7-17(15)19/h4-11H,3,12-13H2,1-2H3,(H,20,22)/p+1. The molecule has 22 heavy (non-hydrogen) atoms. The molecule has 3 nitrogen and oxygen atoms in total. The van der Waals surface area contributed by atoms with Crippen LogP contribution in [0.1, 0.15) is 18.1 Å². The Morgan fingerprint density at radius 3 is 2.45 bits per heavy atom. The van der Waals surface area contributed by atoms with Crippen LogP contribution in [0.4, 0.5) is 5.69 Å². The fraction of sp³-hybridized carbons (Fsp3) is 0.278. The van der Waals surface area contributed by atoms with Crippen molar-refractivity contribution in [3.05, 3.63) is 64.7 Å². The zero-order chi connectivity index (χ0) is 15.9. The highest BCUT2D eigenvalue weighted by Gasteiger charge is 2.12. The Hall–Kier alpha value is -1.84. The lowest BCUT2D eigenvalue weighted by atomic mass is 10.1. The molecule has 2 aromatic carbocycles. The van der Waals surface area contributed by atoms with Crippen molar-refractivity contribution in [2.75, 3.05) is 18.9 Å². The molecule has 2 N–H and O–H groups in total. The molecule has 0 saturated carbocycles. The summed E-state index contributed by atoms with van der Waals surface area (Å²) < 4.78 is 0. The molecule has 2 rings (SSSR count). The number of benzene rings is 2. The van der Waals surface area contributed by atoms with Gasteiger partial charge in [-0.2, -0.15) is 0 Å². The van der Waals surface area contributed by atoms with Gasteiger partial charge in [0.2, 0.25) is 0 Å². The second-order valence-corrected chi connectivity index (χ2v) is 5.91. The number of anilines is 1. The molecule has 0 aliphatic carbocycles. The van der Waals surface area contributed by atoms with Crippen molar-refractivity contribution < 1.29 is 9.69 Å². The zero-order valence-electron chi connectivity index (χ0n) is 13.0. The molecule has 1 unspecified atom stereocenters. The van der Waals surface area contributed by atoms with Crippen LogP contribution in [0.25, 0.3) is 0 Å². The normalized spacial score (nSPS) is 12.0. The SMILES string of the molecule is CCc1ccc(NC(=O)C[NH+](C)Cc2ccccc2Cl)cc1. The summed E-state index contributed by atoms with van der Waals surface area (Å²) in [6.45, 7) is 3.24. The molecule has 0 radical (unpaired) electrons. The number of likely N-dealkylation sites (N-methyl/N-ethyl adjacent to an activating group) is 1. The second kappa shape index (κ2) is 7.97. The number of aryl methyl sites for hydroxylation is 1. The monoisotopic (exact) mass is 317 g/mol. The molecule has 0 aliphatic rings. The molecular weight excluding hydrogens is 296 g/mol. The molecule has 0 bridgehead atoms. The van der Waals surface area contributed by atoms with Crippen molar-refractivity contribution in [1.29, 1.82) is 0 Å². The van der Waals surface area contributed by atoms with Crippen LogP contribution in [0.5, 0.6) is 0 Å². The van der Waals surface area contributed by atoms with E-state index in [0.717, 1.165) is 34.1 Å². The van der Waals surface area contributed by atoms with Gasteiger partial charge in [-0.25, -0.2) is 0 Å². The third-order valence-corrected chi connectivity index (χ3v) is 3.93. The molecule has 1 atom stereocenters. The summed E-state index contributed by atoms with van der Waals surface area (Å²) in [5.41, 5.74) is 3.16. The summed E-state index contributed by atoms with van der Waals surface area (Å²) in [6, 6.07) is 15.7. The number of amides is 1. The molecule has 0 saturated heterocycles. The van der Waals surface area contributed by atoms with E-state index in [4.69, 9.17) is 11.6 Å². The molecule has 0 fully saturated rings. The number of hydrogen-bond acceptors (Lipinski definition) is 1. The first-order valence-corrected chi connectivity index (χ1v) is 7.89. The minimum Gasteiger partial charge on any atom is -0.326 e. The van der Waals surface area contributed by atoms with E-state index in [1.165, 1.54) is 5.56 Å². The number of rotatable bonds is 6. The van der Waals surface area contributed by atoms with E-state index < -0.39 is 0 Å². The van der Waals surface area contributed by atoms with Crippen LogP contribution in [-0.2, 0) is 17.8 Å². The van der Waals surface area contributed by atoms with Gasteiger partial charge in [-0.3, -0.25) is 4.79 Å². The maximum Gasteiger partial charge on any atom is 0.279 e. The molecule has 0 spiro atoms. The van der Waals surface area contributed by atoms with E-state index in [1.807, 2.05) is 55.6 Å². The number of carbonyl (C=O) groups is 1. The number of carbonyl (C=O) groups excluding carboxylic acids is 1. The summed E-state index contributed by atoms with van der Waals surface area (Å²) in [5, 5.41) is 3.68. The molecule has 0 aromatic heterocycles. The topological polar surface area (TPSA) is 33.5 Å². The third kappa shape index (κ3) is 4.86. The largest absolute Gasteiger partial charge is 0.326 e. The summed E-state index contributed by atoms with van der Waals surface area (Å²) >= 11 is 6.15. The smallest absolute Gasteiger partial charge is 0.279 e. The van der Waals surface area contributed by atoms with E-state index in [1.54, 1.807) is 0 Å². The Morgan fingerprint density at radius 2 is 1.82 bits per heavy atom. The summed E-state index contributed by atoms with van der Waals surface area (Å²) in [5.74, 6) is 0.00815. The maximum atomic E-state index is 12.1. The van der Waals surface area contributed by atoms with Gasteiger partial charge in [0, 0.05) is 16.3 Å². The van der Waals surface area contributed by atoms with E-state index in [0.29, 0.717) is 6.54 Å². The van der Waals surface area contributed by atoms with Crippen molar-refractivity contribution in [3.63, 3.8) is 0 Å². The molecule has 4 heteroatoms. The van der Waals surface area contributed by atoms with Crippen LogP contribution in [0, 0.1) is 0 Å². The highest BCUT2D eigenvalue weighted by molar-refractivity contribution is 6.31. The Kier molecular flexibility index (Phi) is 5.99. The highest BCUT2D eigenvalue weighted by atomic mass is 35.5. The predicted octanol–water partition coefficient (Wildman–Crippen LogP) is 2.56. The van der Waals surface area contributed by atoms with Crippen molar-refractivity contribution in [3.8, 4) is 0 Å². The number of halogens is 1. The molecule has 2 aromatic rings. The van der Waals surface area contributed by atoms with Crippen LogP contribution in [0.2, 0.25) is 5.02 Å². The third-order valence-electron chi connectivity index (χ3n) is 3.56. The van der Waals surface area contributed by atoms with E-state index in [2.05, 4.69) is 12.2 Å². The molecular formula is C18H22ClN2O+. The van der Waals surface area contributed by atoms with Crippen LogP contribution in [0.3, 0.4) is 0 Å². The average Bonchev–Trinajstić information content (AvgIpc) is 2.50. The van der Waals surface area contributed by atoms with Gasteiger partial charge in [-0.1, -0.05) is 48.9 Å². The minimum atomic E-state index is 0.00815. The van der Waals surface area contributed by atoms with Gasteiger partial charge in [0.05, 0.1) is 7.05 Å². The first-order valence-electron chi connectivity index (χ1n) is 7.52. The van der Waals surface area contributed by atoms with Crippen LogP contribution < -0.4 is 10.2 Å². The maximum absolute atomic E-state index is 12.1. The predicted molar refractivity (Wildman–Crippen MR) is 91.4 cm³/mol. The molecule has 1 amide bonds. The van der Waals surface area contributed by atoms with E-state index in [9.17, 15) is 4.79 Å². The van der Waals surface area contributed by atoms with Gasteiger partial charge >= 0.3 is 0 Å². The van der Waals surface area contributed by atoms with Gasteiger partial charge in [0.15, 0.2) is 6.54 Å². The van der Waals surface area contributed by atoms with Crippen LogP contribution in [-0.4, -0.2) is 19.5 Å². The Bertz CT molecular complexity index is 625. The average molecular weight is 318 g/mol. The van der Waals surface area contributed by atoms with Gasteiger partial charge in [0.25, 0.3) is 5.91 Å². The van der Waals surface area contributed by atoms with Crippen LogP contribution in [0.15, 0.2) is 48.5 Å². The number of nitrogens with one attached hydrogen (secondary N) is 2. The lowest BCUT2D eigenvalue weighted by Gasteiger charge is -2.14. The lowest BCUT2D eigenvalue weighted by Crippen LogP contribution is -3.08. The highest BCUT2D eigenvalue weighted by Crippen LogP contribution is 2.13. The Balaban J connectivity index is 1.87. The summed E-state index contributed by atoms with van der Waals surface area (Å²) in [6.07, 6.45) is 0.999. The molecule has 0 heterocycles. The summed E-state index contributed by atoms with van der Waals surface area (Å²) in [7, 11) is 1.99. The van der Waals surface area contributed by atoms with Crippen molar-refractivity contribution in [1.82, 2.24) is 0 Å². The van der Waals surface area contributed by atoms with Gasteiger partial charge in [-0.15, -0.1) is 0 Å². The van der Waals surface area contributed by atoms with Gasteiger partial charge in [0.1, 0.15) is 6.54 Å². The molecule has 116 valence electrons.